The number of benzene rings is 1. The van der Waals surface area contributed by atoms with Crippen LogP contribution in [0.15, 0.2) is 41.8 Å². The monoisotopic (exact) mass is 346 g/mol. The molecule has 0 radical (unpaired) electrons. The second kappa shape index (κ2) is 7.90. The van der Waals surface area contributed by atoms with Gasteiger partial charge in [0.15, 0.2) is 5.11 Å². The molecule has 2 aromatic rings. The molecule has 2 heterocycles. The van der Waals surface area contributed by atoms with Crippen molar-refractivity contribution >= 4 is 28.7 Å². The van der Waals surface area contributed by atoms with Crippen LogP contribution in [0.1, 0.15) is 34.9 Å². The molecule has 3 rings (SSSR count). The maximum absolute atomic E-state index is 5.63. The van der Waals surface area contributed by atoms with E-state index < -0.39 is 0 Å². The van der Waals surface area contributed by atoms with Crippen molar-refractivity contribution in [2.45, 2.75) is 31.9 Å². The van der Waals surface area contributed by atoms with Gasteiger partial charge in [0, 0.05) is 18.0 Å². The van der Waals surface area contributed by atoms with Crippen LogP contribution in [0.25, 0.3) is 0 Å². The van der Waals surface area contributed by atoms with Crippen LogP contribution in [0.4, 0.5) is 0 Å². The average molecular weight is 347 g/mol. The topological polar surface area (TPSA) is 33.3 Å². The smallest absolute Gasteiger partial charge is 0.167 e. The molecular formula is C18H22N2OS2. The summed E-state index contributed by atoms with van der Waals surface area (Å²) in [5, 5.41) is 9.53. The molecule has 23 heavy (non-hydrogen) atoms. The molecule has 122 valence electrons. The summed E-state index contributed by atoms with van der Waals surface area (Å²) in [5.41, 5.74) is 2.48. The van der Waals surface area contributed by atoms with Crippen LogP contribution < -0.4 is 10.6 Å². The Bertz CT molecular complexity index is 619. The van der Waals surface area contributed by atoms with E-state index in [1.54, 1.807) is 11.3 Å². The number of aryl methyl sites for hydroxylation is 1. The van der Waals surface area contributed by atoms with E-state index in [-0.39, 0.29) is 12.1 Å². The fourth-order valence-corrected chi connectivity index (χ4v) is 3.73. The lowest BCUT2D eigenvalue weighted by Gasteiger charge is -2.21. The number of nitrogens with one attached hydrogen (secondary N) is 2. The van der Waals surface area contributed by atoms with Crippen LogP contribution >= 0.6 is 23.6 Å². The molecule has 1 saturated heterocycles. The van der Waals surface area contributed by atoms with Gasteiger partial charge >= 0.3 is 0 Å². The van der Waals surface area contributed by atoms with Crippen molar-refractivity contribution in [2.24, 2.45) is 0 Å². The molecule has 0 spiro atoms. The minimum Gasteiger partial charge on any atom is -0.376 e. The first-order chi connectivity index (χ1) is 11.2. The maximum atomic E-state index is 5.63. The summed E-state index contributed by atoms with van der Waals surface area (Å²) in [4.78, 5) is 1.26. The molecule has 5 heteroatoms. The summed E-state index contributed by atoms with van der Waals surface area (Å²) >= 11 is 7.23. The Hall–Kier alpha value is -1.43. The van der Waals surface area contributed by atoms with E-state index in [9.17, 15) is 0 Å². The van der Waals surface area contributed by atoms with Crippen LogP contribution in [-0.2, 0) is 4.74 Å². The van der Waals surface area contributed by atoms with Gasteiger partial charge in [-0.05, 0) is 49.0 Å². The molecule has 0 bridgehead atoms. The highest BCUT2D eigenvalue weighted by Gasteiger charge is 2.18. The third kappa shape index (κ3) is 4.53. The summed E-state index contributed by atoms with van der Waals surface area (Å²) in [6.07, 6.45) is 2.55. The average Bonchev–Trinajstić information content (AvgIpc) is 3.25. The minimum absolute atomic E-state index is 0.0834. The summed E-state index contributed by atoms with van der Waals surface area (Å²) in [6.45, 7) is 3.75. The number of rotatable bonds is 5. The van der Waals surface area contributed by atoms with E-state index in [0.717, 1.165) is 26.0 Å². The molecule has 0 amide bonds. The quantitative estimate of drug-likeness (QED) is 0.807. The van der Waals surface area contributed by atoms with Crippen molar-refractivity contribution in [3.63, 3.8) is 0 Å². The molecule has 2 N–H and O–H groups in total. The van der Waals surface area contributed by atoms with Gasteiger partial charge < -0.3 is 15.4 Å². The lowest BCUT2D eigenvalue weighted by molar-refractivity contribution is 0.114. The van der Waals surface area contributed by atoms with Crippen molar-refractivity contribution in [3.05, 3.63) is 57.8 Å². The van der Waals surface area contributed by atoms with Gasteiger partial charge in [-0.1, -0.05) is 35.9 Å². The molecule has 0 saturated carbocycles. The Morgan fingerprint density at radius 2 is 2.17 bits per heavy atom. The molecule has 1 aromatic carbocycles. The first-order valence-electron chi connectivity index (χ1n) is 7.98. The zero-order valence-corrected chi connectivity index (χ0v) is 14.9. The normalized spacial score (nSPS) is 18.6. The van der Waals surface area contributed by atoms with Crippen LogP contribution in [0.5, 0.6) is 0 Å². The lowest BCUT2D eigenvalue weighted by Crippen LogP contribution is -2.41. The highest BCUT2D eigenvalue weighted by Crippen LogP contribution is 2.26. The predicted octanol–water partition coefficient (Wildman–Crippen LogP) is 3.79. The van der Waals surface area contributed by atoms with Gasteiger partial charge in [-0.15, -0.1) is 11.3 Å². The van der Waals surface area contributed by atoms with Crippen molar-refractivity contribution in [2.75, 3.05) is 13.2 Å². The van der Waals surface area contributed by atoms with Gasteiger partial charge in [0.2, 0.25) is 0 Å². The van der Waals surface area contributed by atoms with Gasteiger partial charge in [0.05, 0.1) is 12.1 Å². The molecule has 0 aliphatic carbocycles. The SMILES string of the molecule is Cc1ccc([C@@H](NC(=S)NC[C@H]2CCCO2)c2cccs2)cc1. The van der Waals surface area contributed by atoms with E-state index in [1.165, 1.54) is 16.0 Å². The van der Waals surface area contributed by atoms with E-state index in [0.29, 0.717) is 5.11 Å². The van der Waals surface area contributed by atoms with Crippen LogP contribution in [0.2, 0.25) is 0 Å². The summed E-state index contributed by atoms with van der Waals surface area (Å²) in [5.74, 6) is 0. The van der Waals surface area contributed by atoms with E-state index in [4.69, 9.17) is 17.0 Å². The maximum Gasteiger partial charge on any atom is 0.167 e. The van der Waals surface area contributed by atoms with E-state index in [1.807, 2.05) is 0 Å². The van der Waals surface area contributed by atoms with Gasteiger partial charge in [-0.3, -0.25) is 0 Å². The Labute approximate surface area is 147 Å². The molecule has 1 aliphatic heterocycles. The van der Waals surface area contributed by atoms with Crippen molar-refractivity contribution < 1.29 is 4.74 Å². The standard InChI is InChI=1S/C18H22N2OS2/c1-13-6-8-14(9-7-13)17(16-5-3-11-23-16)20-18(22)19-12-15-4-2-10-21-15/h3,5-9,11,15,17H,2,4,10,12H2,1H3,(H2,19,20,22)/t15-,17-/m1/s1. The van der Waals surface area contributed by atoms with E-state index in [2.05, 4.69) is 59.3 Å². The first kappa shape index (κ1) is 16.4. The van der Waals surface area contributed by atoms with Crippen LogP contribution in [0.3, 0.4) is 0 Å². The zero-order chi connectivity index (χ0) is 16.1. The Balaban J connectivity index is 1.66. The van der Waals surface area contributed by atoms with Gasteiger partial charge in [-0.25, -0.2) is 0 Å². The Morgan fingerprint density at radius 3 is 2.83 bits per heavy atom. The minimum atomic E-state index is 0.0834. The molecular weight excluding hydrogens is 324 g/mol. The van der Waals surface area contributed by atoms with E-state index >= 15 is 0 Å². The predicted molar refractivity (Wildman–Crippen MR) is 100 cm³/mol. The number of thiocarbonyl (C=S) groups is 1. The molecule has 3 nitrogen and oxygen atoms in total. The molecule has 2 atom stereocenters. The largest absolute Gasteiger partial charge is 0.376 e. The number of ether oxygens (including phenoxy) is 1. The summed E-state index contributed by atoms with van der Waals surface area (Å²) in [6, 6.07) is 12.9. The number of hydrogen-bond acceptors (Lipinski definition) is 3. The Kier molecular flexibility index (Phi) is 5.65. The lowest BCUT2D eigenvalue weighted by atomic mass is 10.0. The number of hydrogen-bond donors (Lipinski definition) is 2. The fraction of sp³-hybridized carbons (Fsp3) is 0.389. The zero-order valence-electron chi connectivity index (χ0n) is 13.2. The fourth-order valence-electron chi connectivity index (χ4n) is 2.73. The summed E-state index contributed by atoms with van der Waals surface area (Å²) in [7, 11) is 0. The van der Waals surface area contributed by atoms with Crippen LogP contribution in [0, 0.1) is 6.92 Å². The molecule has 1 aromatic heterocycles. The second-order valence-electron chi connectivity index (χ2n) is 5.85. The Morgan fingerprint density at radius 1 is 1.35 bits per heavy atom. The first-order valence-corrected chi connectivity index (χ1v) is 9.27. The van der Waals surface area contributed by atoms with Gasteiger partial charge in [0.25, 0.3) is 0 Å². The molecule has 1 aliphatic rings. The second-order valence-corrected chi connectivity index (χ2v) is 7.24. The molecule has 0 unspecified atom stereocenters. The summed E-state index contributed by atoms with van der Waals surface area (Å²) < 4.78 is 5.63. The third-order valence-electron chi connectivity index (χ3n) is 4.03. The molecule has 1 fully saturated rings. The van der Waals surface area contributed by atoms with Crippen molar-refractivity contribution in [3.8, 4) is 0 Å². The highest BCUT2D eigenvalue weighted by molar-refractivity contribution is 7.80. The van der Waals surface area contributed by atoms with Crippen molar-refractivity contribution in [1.29, 1.82) is 0 Å². The van der Waals surface area contributed by atoms with Crippen molar-refractivity contribution in [1.82, 2.24) is 10.6 Å². The van der Waals surface area contributed by atoms with Gasteiger partial charge in [-0.2, -0.15) is 0 Å². The highest BCUT2D eigenvalue weighted by atomic mass is 32.1. The number of thiophene rings is 1. The van der Waals surface area contributed by atoms with Gasteiger partial charge in [0.1, 0.15) is 0 Å². The van der Waals surface area contributed by atoms with Crippen LogP contribution in [-0.4, -0.2) is 24.4 Å². The third-order valence-corrected chi connectivity index (χ3v) is 5.23.